The highest BCUT2D eigenvalue weighted by Gasteiger charge is 2.42. The van der Waals surface area contributed by atoms with Crippen LogP contribution in [0, 0.1) is 5.92 Å². The van der Waals surface area contributed by atoms with E-state index in [9.17, 15) is 22.8 Å². The zero-order valence-electron chi connectivity index (χ0n) is 9.95. The van der Waals surface area contributed by atoms with E-state index in [-0.39, 0.29) is 13.0 Å². The minimum absolute atomic E-state index is 0.294. The van der Waals surface area contributed by atoms with Crippen molar-refractivity contribution in [3.05, 3.63) is 28.8 Å². The number of alkyl halides is 3. The number of amides is 1. The zero-order chi connectivity index (χ0) is 15.1. The Morgan fingerprint density at radius 3 is 2.55 bits per heavy atom. The molecule has 108 valence electrons. The number of carboxylic acids is 1. The molecule has 1 atom stereocenters. The van der Waals surface area contributed by atoms with Crippen molar-refractivity contribution in [3.8, 4) is 0 Å². The van der Waals surface area contributed by atoms with Gasteiger partial charge in [0.25, 0.3) is 0 Å². The summed E-state index contributed by atoms with van der Waals surface area (Å²) in [6.45, 7) is -0.294. The predicted molar refractivity (Wildman–Crippen MR) is 64.5 cm³/mol. The maximum Gasteiger partial charge on any atom is 0.419 e. The maximum atomic E-state index is 13.0. The summed E-state index contributed by atoms with van der Waals surface area (Å²) in [6.07, 6.45) is -5.05. The van der Waals surface area contributed by atoms with E-state index in [4.69, 9.17) is 16.7 Å². The summed E-state index contributed by atoms with van der Waals surface area (Å²) < 4.78 is 39.0. The summed E-state index contributed by atoms with van der Waals surface area (Å²) in [6, 6.07) is 3.47. The van der Waals surface area contributed by atoms with Crippen molar-refractivity contribution in [2.75, 3.05) is 11.4 Å². The quantitative estimate of drug-likeness (QED) is 0.914. The Kier molecular flexibility index (Phi) is 3.64. The first-order chi connectivity index (χ1) is 9.21. The molecule has 20 heavy (non-hydrogen) atoms. The van der Waals surface area contributed by atoms with E-state index in [1.807, 2.05) is 0 Å². The third-order valence-corrected chi connectivity index (χ3v) is 3.36. The highest BCUT2D eigenvalue weighted by molar-refractivity contribution is 6.32. The summed E-state index contributed by atoms with van der Waals surface area (Å²) in [7, 11) is 0. The number of hydrogen-bond donors (Lipinski definition) is 1. The molecule has 4 nitrogen and oxygen atoms in total. The molecule has 0 bridgehead atoms. The predicted octanol–water partition coefficient (Wildman–Crippen LogP) is 2.80. The third-order valence-electron chi connectivity index (χ3n) is 3.04. The number of carbonyl (C=O) groups is 2. The molecule has 1 amide bonds. The van der Waals surface area contributed by atoms with Crippen LogP contribution >= 0.6 is 11.6 Å². The van der Waals surface area contributed by atoms with Crippen LogP contribution in [0.25, 0.3) is 0 Å². The average Bonchev–Trinajstić information content (AvgIpc) is 2.69. The van der Waals surface area contributed by atoms with Gasteiger partial charge in [-0.25, -0.2) is 0 Å². The molecule has 1 aliphatic rings. The molecule has 2 rings (SSSR count). The van der Waals surface area contributed by atoms with E-state index in [0.717, 1.165) is 17.0 Å². The first-order valence-electron chi connectivity index (χ1n) is 5.60. The highest BCUT2D eigenvalue weighted by Crippen LogP contribution is 2.42. The molecule has 0 saturated carbocycles. The number of hydrogen-bond acceptors (Lipinski definition) is 2. The molecule has 1 saturated heterocycles. The van der Waals surface area contributed by atoms with Crippen LogP contribution in [-0.2, 0) is 15.8 Å². The smallest absolute Gasteiger partial charge is 0.419 e. The Labute approximate surface area is 116 Å². The molecule has 1 unspecified atom stereocenters. The Hall–Kier alpha value is -1.76. The van der Waals surface area contributed by atoms with Crippen LogP contribution < -0.4 is 4.90 Å². The molecule has 0 aromatic heterocycles. The molecular weight excluding hydrogens is 299 g/mol. The number of nitrogens with zero attached hydrogens (tertiary/aromatic N) is 1. The fourth-order valence-electron chi connectivity index (χ4n) is 2.12. The minimum Gasteiger partial charge on any atom is -0.481 e. The van der Waals surface area contributed by atoms with Gasteiger partial charge in [0.2, 0.25) is 5.91 Å². The van der Waals surface area contributed by atoms with Crippen LogP contribution in [0.4, 0.5) is 18.9 Å². The van der Waals surface area contributed by atoms with Gasteiger partial charge in [0.15, 0.2) is 0 Å². The van der Waals surface area contributed by atoms with Crippen molar-refractivity contribution in [2.24, 2.45) is 5.92 Å². The number of halogens is 4. The zero-order valence-corrected chi connectivity index (χ0v) is 10.7. The van der Waals surface area contributed by atoms with Gasteiger partial charge in [-0.2, -0.15) is 13.2 Å². The van der Waals surface area contributed by atoms with Crippen molar-refractivity contribution in [1.29, 1.82) is 0 Å². The third kappa shape index (κ3) is 2.58. The monoisotopic (exact) mass is 307 g/mol. The normalized spacial score (nSPS) is 19.5. The molecular formula is C12H9ClF3NO3. The van der Waals surface area contributed by atoms with Gasteiger partial charge in [-0.1, -0.05) is 17.7 Å². The molecule has 0 spiro atoms. The van der Waals surface area contributed by atoms with Gasteiger partial charge in [0.05, 0.1) is 22.2 Å². The number of carbonyl (C=O) groups excluding carboxylic acids is 1. The minimum atomic E-state index is -4.73. The molecule has 1 aliphatic heterocycles. The molecule has 8 heteroatoms. The summed E-state index contributed by atoms with van der Waals surface area (Å²) in [5.74, 6) is -2.89. The first-order valence-corrected chi connectivity index (χ1v) is 5.98. The molecule has 1 N–H and O–H groups in total. The molecule has 0 radical (unpaired) electrons. The number of rotatable bonds is 2. The van der Waals surface area contributed by atoms with Gasteiger partial charge in [0.1, 0.15) is 0 Å². The van der Waals surface area contributed by atoms with Gasteiger partial charge < -0.3 is 10.0 Å². The molecule has 0 aliphatic carbocycles. The number of anilines is 1. The van der Waals surface area contributed by atoms with Crippen LogP contribution in [0.3, 0.4) is 0 Å². The largest absolute Gasteiger partial charge is 0.481 e. The molecule has 1 heterocycles. The molecule has 1 fully saturated rings. The number of aliphatic carboxylic acids is 1. The second-order valence-electron chi connectivity index (χ2n) is 4.38. The van der Waals surface area contributed by atoms with Crippen LogP contribution in [0.2, 0.25) is 5.02 Å². The Morgan fingerprint density at radius 2 is 2.05 bits per heavy atom. The van der Waals surface area contributed by atoms with E-state index in [2.05, 4.69) is 0 Å². The number of benzene rings is 1. The second kappa shape index (κ2) is 4.97. The molecule has 1 aromatic rings. The first kappa shape index (κ1) is 14.6. The lowest BCUT2D eigenvalue weighted by atomic mass is 10.1. The summed E-state index contributed by atoms with van der Waals surface area (Å²) >= 11 is 5.56. The van der Waals surface area contributed by atoms with Crippen molar-refractivity contribution in [1.82, 2.24) is 0 Å². The molecule has 1 aromatic carbocycles. The maximum absolute atomic E-state index is 13.0. The van der Waals surface area contributed by atoms with Crippen molar-refractivity contribution in [3.63, 3.8) is 0 Å². The van der Waals surface area contributed by atoms with E-state index in [0.29, 0.717) is 0 Å². The van der Waals surface area contributed by atoms with E-state index in [1.165, 1.54) is 6.07 Å². The van der Waals surface area contributed by atoms with E-state index in [1.54, 1.807) is 0 Å². The average molecular weight is 308 g/mol. The van der Waals surface area contributed by atoms with Crippen LogP contribution in [-0.4, -0.2) is 23.5 Å². The van der Waals surface area contributed by atoms with E-state index >= 15 is 0 Å². The van der Waals surface area contributed by atoms with Crippen molar-refractivity contribution in [2.45, 2.75) is 12.6 Å². The van der Waals surface area contributed by atoms with Gasteiger partial charge in [-0.05, 0) is 12.1 Å². The van der Waals surface area contributed by atoms with Crippen LogP contribution in [0.5, 0.6) is 0 Å². The SMILES string of the molecule is O=C(O)C1CC(=O)N(c2cccc(Cl)c2C(F)(F)F)C1. The van der Waals surface area contributed by atoms with Crippen molar-refractivity contribution < 1.29 is 27.9 Å². The van der Waals surface area contributed by atoms with Gasteiger partial charge in [0, 0.05) is 13.0 Å². The van der Waals surface area contributed by atoms with Gasteiger partial charge in [-0.15, -0.1) is 0 Å². The summed E-state index contributed by atoms with van der Waals surface area (Å²) in [4.78, 5) is 23.4. The summed E-state index contributed by atoms with van der Waals surface area (Å²) in [5, 5.41) is 8.33. The number of carboxylic acid groups (broad SMARTS) is 1. The Balaban J connectivity index is 2.47. The van der Waals surface area contributed by atoms with Gasteiger partial charge >= 0.3 is 12.1 Å². The van der Waals surface area contributed by atoms with E-state index < -0.39 is 40.2 Å². The standard InChI is InChI=1S/C12H9ClF3NO3/c13-7-2-1-3-8(10(7)12(14,15)16)17-5-6(11(19)20)4-9(17)18/h1-3,6H,4-5H2,(H,19,20). The van der Waals surface area contributed by atoms with Crippen LogP contribution in [0.15, 0.2) is 18.2 Å². The lowest BCUT2D eigenvalue weighted by Gasteiger charge is -2.22. The fraction of sp³-hybridized carbons (Fsp3) is 0.333. The fourth-order valence-corrected chi connectivity index (χ4v) is 2.40. The van der Waals surface area contributed by atoms with Gasteiger partial charge in [-0.3, -0.25) is 9.59 Å². The summed E-state index contributed by atoms with van der Waals surface area (Å²) in [5.41, 5.74) is -1.53. The van der Waals surface area contributed by atoms with Crippen LogP contribution in [0.1, 0.15) is 12.0 Å². The Bertz CT molecular complexity index is 574. The Morgan fingerprint density at radius 1 is 1.40 bits per heavy atom. The lowest BCUT2D eigenvalue weighted by molar-refractivity contribution is -0.141. The highest BCUT2D eigenvalue weighted by atomic mass is 35.5. The van der Waals surface area contributed by atoms with Crippen molar-refractivity contribution >= 4 is 29.2 Å². The second-order valence-corrected chi connectivity index (χ2v) is 4.78. The topological polar surface area (TPSA) is 57.6 Å². The lowest BCUT2D eigenvalue weighted by Crippen LogP contribution is -2.28.